The predicted octanol–water partition coefficient (Wildman–Crippen LogP) is 4.64. The number of ether oxygens (including phenoxy) is 3. The number of likely N-dealkylation sites (tertiary alicyclic amines) is 1. The minimum Gasteiger partial charge on any atom is -0.496 e. The van der Waals surface area contributed by atoms with Gasteiger partial charge in [-0.05, 0) is 18.2 Å². The van der Waals surface area contributed by atoms with Gasteiger partial charge in [-0.2, -0.15) is 13.2 Å². The lowest BCUT2D eigenvalue weighted by atomic mass is 9.74. The number of alkyl halides is 3. The van der Waals surface area contributed by atoms with E-state index in [0.717, 1.165) is 23.6 Å². The molecule has 0 unspecified atom stereocenters. The molecule has 2 saturated heterocycles. The summed E-state index contributed by atoms with van der Waals surface area (Å²) in [6.07, 6.45) is -5.38. The molecule has 2 aromatic rings. The van der Waals surface area contributed by atoms with Crippen molar-refractivity contribution < 1.29 is 37.0 Å². The number of para-hydroxylation sites is 1. The van der Waals surface area contributed by atoms with Gasteiger partial charge in [-0.15, -0.1) is 0 Å². The number of nitrogens with one attached hydrogen (secondary N) is 1. The molecule has 0 bridgehead atoms. The van der Waals surface area contributed by atoms with Gasteiger partial charge in [-0.1, -0.05) is 41.9 Å². The van der Waals surface area contributed by atoms with Crippen molar-refractivity contribution in [3.63, 3.8) is 0 Å². The number of nitrogens with zero attached hydrogens (tertiary/aromatic N) is 1. The van der Waals surface area contributed by atoms with Crippen molar-refractivity contribution in [1.29, 1.82) is 0 Å². The number of alkyl carbamates (subject to hydrolysis) is 1. The van der Waals surface area contributed by atoms with Gasteiger partial charge in [0.15, 0.2) is 0 Å². The summed E-state index contributed by atoms with van der Waals surface area (Å²) in [7, 11) is 2.39. The zero-order valence-electron chi connectivity index (χ0n) is 19.7. The van der Waals surface area contributed by atoms with Crippen molar-refractivity contribution in [2.45, 2.75) is 36.1 Å². The van der Waals surface area contributed by atoms with Crippen molar-refractivity contribution in [3.8, 4) is 5.75 Å². The summed E-state index contributed by atoms with van der Waals surface area (Å²) >= 11 is 5.95. The van der Waals surface area contributed by atoms with Gasteiger partial charge >= 0.3 is 12.3 Å². The Bertz CT molecular complexity index is 1140. The van der Waals surface area contributed by atoms with E-state index in [2.05, 4.69) is 5.32 Å². The minimum atomic E-state index is -5.06. The van der Waals surface area contributed by atoms with E-state index >= 15 is 0 Å². The van der Waals surface area contributed by atoms with E-state index < -0.39 is 34.9 Å². The van der Waals surface area contributed by atoms with Crippen LogP contribution in [0.5, 0.6) is 5.75 Å². The van der Waals surface area contributed by atoms with E-state index in [0.29, 0.717) is 5.75 Å². The lowest BCUT2D eigenvalue weighted by Gasteiger charge is -2.49. The Morgan fingerprint density at radius 1 is 1.14 bits per heavy atom. The third-order valence-corrected chi connectivity index (χ3v) is 7.27. The summed E-state index contributed by atoms with van der Waals surface area (Å²) in [6.45, 7) is 0.124. The van der Waals surface area contributed by atoms with E-state index in [-0.39, 0.29) is 43.4 Å². The smallest absolute Gasteiger partial charge is 0.430 e. The first-order valence-electron chi connectivity index (χ1n) is 11.3. The van der Waals surface area contributed by atoms with Crippen LogP contribution in [0.15, 0.2) is 48.5 Å². The molecule has 2 aliphatic rings. The Kier molecular flexibility index (Phi) is 7.12. The van der Waals surface area contributed by atoms with Crippen LogP contribution in [-0.2, 0) is 19.9 Å². The normalized spacial score (nSPS) is 21.3. The van der Waals surface area contributed by atoms with Crippen LogP contribution in [0.4, 0.5) is 18.0 Å². The number of methoxy groups -OCH3 is 2. The van der Waals surface area contributed by atoms with Gasteiger partial charge in [0.05, 0.1) is 7.11 Å². The van der Waals surface area contributed by atoms with Crippen molar-refractivity contribution in [3.05, 3.63) is 64.7 Å². The minimum absolute atomic E-state index is 0.0461. The maximum absolute atomic E-state index is 14.5. The monoisotopic (exact) mass is 526 g/mol. The van der Waals surface area contributed by atoms with Gasteiger partial charge in [-0.25, -0.2) is 4.79 Å². The highest BCUT2D eigenvalue weighted by Crippen LogP contribution is 2.47. The summed E-state index contributed by atoms with van der Waals surface area (Å²) in [5, 5.41) is 2.74. The second kappa shape index (κ2) is 9.82. The standard InChI is InChI=1S/C25H26ClF3N2O5/c1-34-20-9-4-3-8-18(20)19-15-30-22(33)36-23(19)10-12-31(13-11-23)21(32)24(35-2,25(27,28)29)16-6-5-7-17(26)14-16/h3-9,14,19H,10-13,15H2,1-2H3,(H,30,33)/t19-,24+/m0/s1. The maximum Gasteiger partial charge on any atom is 0.430 e. The number of piperidine rings is 1. The summed E-state index contributed by atoms with van der Waals surface area (Å²) in [4.78, 5) is 26.8. The topological polar surface area (TPSA) is 77.1 Å². The molecule has 194 valence electrons. The molecule has 4 rings (SSSR count). The number of amides is 2. The quantitative estimate of drug-likeness (QED) is 0.614. The highest BCUT2D eigenvalue weighted by Gasteiger charge is 2.64. The van der Waals surface area contributed by atoms with Crippen LogP contribution >= 0.6 is 11.6 Å². The molecule has 0 saturated carbocycles. The van der Waals surface area contributed by atoms with Crippen LogP contribution in [0.3, 0.4) is 0 Å². The van der Waals surface area contributed by atoms with Crippen LogP contribution in [-0.4, -0.2) is 62.5 Å². The molecule has 2 fully saturated rings. The molecule has 11 heteroatoms. The molecular formula is C25H26ClF3N2O5. The summed E-state index contributed by atoms with van der Waals surface area (Å²) in [6, 6.07) is 12.3. The van der Waals surface area contributed by atoms with E-state index in [4.69, 9.17) is 25.8 Å². The van der Waals surface area contributed by atoms with E-state index in [1.807, 2.05) is 18.2 Å². The molecular weight excluding hydrogens is 501 g/mol. The third-order valence-electron chi connectivity index (χ3n) is 7.03. The number of halogens is 4. The predicted molar refractivity (Wildman–Crippen MR) is 125 cm³/mol. The Morgan fingerprint density at radius 2 is 1.83 bits per heavy atom. The first-order chi connectivity index (χ1) is 17.1. The molecule has 1 N–H and O–H groups in total. The van der Waals surface area contributed by atoms with Gasteiger partial charge < -0.3 is 24.4 Å². The lowest BCUT2D eigenvalue weighted by molar-refractivity contribution is -0.271. The number of hydrogen-bond donors (Lipinski definition) is 1. The molecule has 2 aromatic carbocycles. The van der Waals surface area contributed by atoms with Crippen molar-refractivity contribution in [2.75, 3.05) is 33.9 Å². The first kappa shape index (κ1) is 26.1. The Labute approximate surface area is 211 Å². The molecule has 36 heavy (non-hydrogen) atoms. The van der Waals surface area contributed by atoms with Crippen LogP contribution in [0.1, 0.15) is 29.9 Å². The van der Waals surface area contributed by atoms with Crippen LogP contribution < -0.4 is 10.1 Å². The van der Waals surface area contributed by atoms with Gasteiger partial charge in [0, 0.05) is 61.7 Å². The zero-order valence-corrected chi connectivity index (χ0v) is 20.5. The van der Waals surface area contributed by atoms with E-state index in [9.17, 15) is 22.8 Å². The number of rotatable bonds is 5. The summed E-state index contributed by atoms with van der Waals surface area (Å²) in [5.41, 5.74) is -3.84. The second-order valence-electron chi connectivity index (χ2n) is 8.82. The molecule has 2 heterocycles. The Morgan fingerprint density at radius 3 is 2.44 bits per heavy atom. The molecule has 0 aliphatic carbocycles. The van der Waals surface area contributed by atoms with Crippen LogP contribution in [0.25, 0.3) is 0 Å². The average Bonchev–Trinajstić information content (AvgIpc) is 2.84. The van der Waals surface area contributed by atoms with Crippen molar-refractivity contribution in [2.24, 2.45) is 0 Å². The van der Waals surface area contributed by atoms with Crippen molar-refractivity contribution in [1.82, 2.24) is 10.2 Å². The number of benzene rings is 2. The molecule has 1 spiro atoms. The van der Waals surface area contributed by atoms with Crippen LogP contribution in [0, 0.1) is 0 Å². The van der Waals surface area contributed by atoms with Crippen molar-refractivity contribution >= 4 is 23.6 Å². The van der Waals surface area contributed by atoms with Gasteiger partial charge in [0.2, 0.25) is 0 Å². The Hall–Kier alpha value is -2.98. The average molecular weight is 527 g/mol. The third kappa shape index (κ3) is 4.37. The highest BCUT2D eigenvalue weighted by molar-refractivity contribution is 6.30. The molecule has 2 atom stereocenters. The number of carbonyl (C=O) groups excluding carboxylic acids is 2. The fourth-order valence-electron chi connectivity index (χ4n) is 5.21. The molecule has 0 radical (unpaired) electrons. The van der Waals surface area contributed by atoms with Gasteiger partial charge in [0.1, 0.15) is 11.4 Å². The summed E-state index contributed by atoms with van der Waals surface area (Å²) in [5.74, 6) is -0.966. The van der Waals surface area contributed by atoms with E-state index in [1.54, 1.807) is 6.07 Å². The highest BCUT2D eigenvalue weighted by atomic mass is 35.5. The number of carbonyl (C=O) groups is 2. The molecule has 0 aromatic heterocycles. The molecule has 7 nitrogen and oxygen atoms in total. The Balaban J connectivity index is 1.65. The lowest BCUT2D eigenvalue weighted by Crippen LogP contribution is -2.62. The molecule has 2 amide bonds. The first-order valence-corrected chi connectivity index (χ1v) is 11.7. The number of hydrogen-bond acceptors (Lipinski definition) is 5. The molecule has 2 aliphatic heterocycles. The maximum atomic E-state index is 14.5. The van der Waals surface area contributed by atoms with Crippen LogP contribution in [0.2, 0.25) is 5.02 Å². The summed E-state index contributed by atoms with van der Waals surface area (Å²) < 4.78 is 59.6. The fraction of sp³-hybridized carbons (Fsp3) is 0.440. The second-order valence-corrected chi connectivity index (χ2v) is 9.25. The SMILES string of the molecule is COc1ccccc1[C@@H]1CNC(=O)OC12CCN(C(=O)[C@](OC)(c1cccc(Cl)c1)C(F)(F)F)CC2. The van der Waals surface area contributed by atoms with Gasteiger partial charge in [-0.3, -0.25) is 4.79 Å². The van der Waals surface area contributed by atoms with Gasteiger partial charge in [0.25, 0.3) is 11.5 Å². The largest absolute Gasteiger partial charge is 0.496 e. The van der Waals surface area contributed by atoms with E-state index in [1.165, 1.54) is 25.3 Å². The zero-order chi connectivity index (χ0) is 26.1. The fourth-order valence-corrected chi connectivity index (χ4v) is 5.40.